The predicted octanol–water partition coefficient (Wildman–Crippen LogP) is 2.30. The zero-order valence-corrected chi connectivity index (χ0v) is 11.9. The van der Waals surface area contributed by atoms with E-state index in [-0.39, 0.29) is 11.3 Å². The zero-order chi connectivity index (χ0) is 14.0. The molecule has 0 aromatic carbocycles. The highest BCUT2D eigenvalue weighted by molar-refractivity contribution is 5.80. The molecule has 0 aliphatic rings. The van der Waals surface area contributed by atoms with Gasteiger partial charge in [0, 0.05) is 12.7 Å². The van der Waals surface area contributed by atoms with E-state index in [1.807, 2.05) is 32.2 Å². The second-order valence-corrected chi connectivity index (χ2v) is 6.28. The van der Waals surface area contributed by atoms with Crippen LogP contribution in [0.25, 0.3) is 0 Å². The Bertz CT molecular complexity index is 416. The van der Waals surface area contributed by atoms with Gasteiger partial charge in [-0.25, -0.2) is 4.98 Å². The third-order valence-corrected chi connectivity index (χ3v) is 3.01. The van der Waals surface area contributed by atoms with Gasteiger partial charge in [0.05, 0.1) is 5.41 Å². The zero-order valence-electron chi connectivity index (χ0n) is 11.9. The molecule has 0 fully saturated rings. The van der Waals surface area contributed by atoms with Crippen LogP contribution in [0.2, 0.25) is 0 Å². The van der Waals surface area contributed by atoms with Gasteiger partial charge in [-0.15, -0.1) is 0 Å². The molecule has 0 radical (unpaired) electrons. The molecule has 18 heavy (non-hydrogen) atoms. The van der Waals surface area contributed by atoms with Crippen LogP contribution in [0, 0.1) is 5.41 Å². The molecule has 4 heteroatoms. The topological polar surface area (TPSA) is 68.0 Å². The SMILES string of the molecule is CC(C)(CNc1ccc(C(C)(C)C)cn1)C(N)=O. The highest BCUT2D eigenvalue weighted by Gasteiger charge is 2.24. The van der Waals surface area contributed by atoms with Gasteiger partial charge in [0.15, 0.2) is 0 Å². The number of pyridine rings is 1. The van der Waals surface area contributed by atoms with E-state index in [4.69, 9.17) is 5.73 Å². The van der Waals surface area contributed by atoms with E-state index in [0.717, 1.165) is 5.82 Å². The van der Waals surface area contributed by atoms with E-state index in [9.17, 15) is 4.79 Å². The molecule has 100 valence electrons. The highest BCUT2D eigenvalue weighted by atomic mass is 16.1. The van der Waals surface area contributed by atoms with Gasteiger partial charge in [-0.1, -0.05) is 26.8 Å². The Hall–Kier alpha value is -1.58. The van der Waals surface area contributed by atoms with Crippen LogP contribution in [0.5, 0.6) is 0 Å². The van der Waals surface area contributed by atoms with E-state index in [0.29, 0.717) is 6.54 Å². The maximum atomic E-state index is 11.2. The largest absolute Gasteiger partial charge is 0.369 e. The summed E-state index contributed by atoms with van der Waals surface area (Å²) in [5, 5.41) is 3.13. The minimum absolute atomic E-state index is 0.0953. The number of nitrogens with zero attached hydrogens (tertiary/aromatic N) is 1. The third-order valence-electron chi connectivity index (χ3n) is 3.01. The lowest BCUT2D eigenvalue weighted by molar-refractivity contribution is -0.125. The first-order chi connectivity index (χ1) is 8.13. The van der Waals surface area contributed by atoms with Crippen molar-refractivity contribution in [3.8, 4) is 0 Å². The van der Waals surface area contributed by atoms with Crippen molar-refractivity contribution in [2.24, 2.45) is 11.1 Å². The molecular weight excluding hydrogens is 226 g/mol. The lowest BCUT2D eigenvalue weighted by Gasteiger charge is -2.22. The summed E-state index contributed by atoms with van der Waals surface area (Å²) in [4.78, 5) is 15.5. The Labute approximate surface area is 109 Å². The summed E-state index contributed by atoms with van der Waals surface area (Å²) in [6, 6.07) is 3.98. The fourth-order valence-corrected chi connectivity index (χ4v) is 1.34. The molecule has 0 spiro atoms. The molecule has 1 aromatic heterocycles. The van der Waals surface area contributed by atoms with Gasteiger partial charge in [-0.3, -0.25) is 4.79 Å². The van der Waals surface area contributed by atoms with Crippen LogP contribution in [0.4, 0.5) is 5.82 Å². The van der Waals surface area contributed by atoms with Crippen molar-refractivity contribution < 1.29 is 4.79 Å². The lowest BCUT2D eigenvalue weighted by atomic mass is 9.88. The van der Waals surface area contributed by atoms with Crippen molar-refractivity contribution in [3.05, 3.63) is 23.9 Å². The van der Waals surface area contributed by atoms with Gasteiger partial charge in [0.1, 0.15) is 5.82 Å². The fraction of sp³-hybridized carbons (Fsp3) is 0.571. The highest BCUT2D eigenvalue weighted by Crippen LogP contribution is 2.22. The van der Waals surface area contributed by atoms with Gasteiger partial charge in [0.2, 0.25) is 5.91 Å². The van der Waals surface area contributed by atoms with Gasteiger partial charge < -0.3 is 11.1 Å². The number of carbonyl (C=O) groups is 1. The molecule has 1 rings (SSSR count). The van der Waals surface area contributed by atoms with Gasteiger partial charge in [-0.05, 0) is 30.9 Å². The van der Waals surface area contributed by atoms with Gasteiger partial charge in [0.25, 0.3) is 0 Å². The quantitative estimate of drug-likeness (QED) is 0.860. The number of nitrogens with two attached hydrogens (primary N) is 1. The first kappa shape index (κ1) is 14.5. The molecular formula is C14H23N3O. The van der Waals surface area contributed by atoms with E-state index in [1.54, 1.807) is 0 Å². The second-order valence-electron chi connectivity index (χ2n) is 6.28. The summed E-state index contributed by atoms with van der Waals surface area (Å²) >= 11 is 0. The predicted molar refractivity (Wildman–Crippen MR) is 74.4 cm³/mol. The minimum Gasteiger partial charge on any atom is -0.369 e. The maximum Gasteiger partial charge on any atom is 0.224 e. The normalized spacial score (nSPS) is 12.3. The monoisotopic (exact) mass is 249 g/mol. The van der Waals surface area contributed by atoms with Crippen molar-refractivity contribution in [2.75, 3.05) is 11.9 Å². The number of hydrogen-bond acceptors (Lipinski definition) is 3. The average Bonchev–Trinajstić information content (AvgIpc) is 2.25. The minimum atomic E-state index is -0.579. The van der Waals surface area contributed by atoms with E-state index in [2.05, 4.69) is 31.1 Å². The fourth-order valence-electron chi connectivity index (χ4n) is 1.34. The summed E-state index contributed by atoms with van der Waals surface area (Å²) in [7, 11) is 0. The molecule has 0 unspecified atom stereocenters. The van der Waals surface area contributed by atoms with Crippen molar-refractivity contribution in [1.82, 2.24) is 4.98 Å². The summed E-state index contributed by atoms with van der Waals surface area (Å²) in [6.07, 6.45) is 1.86. The van der Waals surface area contributed by atoms with Crippen molar-refractivity contribution in [2.45, 2.75) is 40.0 Å². The Kier molecular flexibility index (Phi) is 3.99. The second kappa shape index (κ2) is 4.96. The van der Waals surface area contributed by atoms with Crippen LogP contribution in [-0.2, 0) is 10.2 Å². The van der Waals surface area contributed by atoms with Gasteiger partial charge >= 0.3 is 0 Å². The number of carbonyl (C=O) groups excluding carboxylic acids is 1. The number of hydrogen-bond donors (Lipinski definition) is 2. The molecule has 3 N–H and O–H groups in total. The van der Waals surface area contributed by atoms with Crippen LogP contribution in [0.1, 0.15) is 40.2 Å². The Morgan fingerprint density at radius 2 is 1.89 bits per heavy atom. The summed E-state index contributed by atoms with van der Waals surface area (Å²) < 4.78 is 0. The van der Waals surface area contributed by atoms with Crippen LogP contribution in [0.15, 0.2) is 18.3 Å². The summed E-state index contributed by atoms with van der Waals surface area (Å²) in [5.74, 6) is 0.443. The molecule has 0 saturated carbocycles. The molecule has 1 amide bonds. The standard InChI is InChI=1S/C14H23N3O/c1-13(2,3)10-6-7-11(16-8-10)17-9-14(4,5)12(15)18/h6-8H,9H2,1-5H3,(H2,15,18)(H,16,17). The van der Waals surface area contributed by atoms with Crippen molar-refractivity contribution >= 4 is 11.7 Å². The molecule has 4 nitrogen and oxygen atoms in total. The molecule has 0 aliphatic heterocycles. The van der Waals surface area contributed by atoms with E-state index < -0.39 is 5.41 Å². The molecule has 1 heterocycles. The molecule has 0 saturated heterocycles. The number of nitrogens with one attached hydrogen (secondary N) is 1. The van der Waals surface area contributed by atoms with E-state index in [1.165, 1.54) is 5.56 Å². The number of aromatic nitrogens is 1. The van der Waals surface area contributed by atoms with Gasteiger partial charge in [-0.2, -0.15) is 0 Å². The number of anilines is 1. The first-order valence-corrected chi connectivity index (χ1v) is 6.13. The molecule has 1 aromatic rings. The third kappa shape index (κ3) is 3.72. The molecule has 0 atom stereocenters. The summed E-state index contributed by atoms with van der Waals surface area (Å²) in [6.45, 7) is 10.5. The van der Waals surface area contributed by atoms with E-state index >= 15 is 0 Å². The average molecular weight is 249 g/mol. The van der Waals surface area contributed by atoms with Crippen LogP contribution >= 0.6 is 0 Å². The number of rotatable bonds is 4. The van der Waals surface area contributed by atoms with Crippen molar-refractivity contribution in [3.63, 3.8) is 0 Å². The maximum absolute atomic E-state index is 11.2. The van der Waals surface area contributed by atoms with Crippen LogP contribution in [-0.4, -0.2) is 17.4 Å². The summed E-state index contributed by atoms with van der Waals surface area (Å²) in [5.41, 5.74) is 6.02. The number of amides is 1. The Balaban J connectivity index is 2.68. The molecule has 0 aliphatic carbocycles. The van der Waals surface area contributed by atoms with Crippen LogP contribution < -0.4 is 11.1 Å². The number of primary amides is 1. The van der Waals surface area contributed by atoms with Crippen LogP contribution in [0.3, 0.4) is 0 Å². The Morgan fingerprint density at radius 3 is 2.28 bits per heavy atom. The molecule has 0 bridgehead atoms. The van der Waals surface area contributed by atoms with Crippen molar-refractivity contribution in [1.29, 1.82) is 0 Å². The Morgan fingerprint density at radius 1 is 1.28 bits per heavy atom. The smallest absolute Gasteiger partial charge is 0.224 e. The lowest BCUT2D eigenvalue weighted by Crippen LogP contribution is -2.37. The first-order valence-electron chi connectivity index (χ1n) is 6.13.